The van der Waals surface area contributed by atoms with E-state index < -0.39 is 29.6 Å². The lowest BCUT2D eigenvalue weighted by Gasteiger charge is -2.22. The molecule has 3 amide bonds. The average molecular weight is 387 g/mol. The molecule has 3 N–H and O–H groups in total. The zero-order chi connectivity index (χ0) is 20.7. The van der Waals surface area contributed by atoms with Gasteiger partial charge in [-0.15, -0.1) is 0 Å². The lowest BCUT2D eigenvalue weighted by atomic mass is 10.0. The molecule has 28 heavy (non-hydrogen) atoms. The normalized spacial score (nSPS) is 11.5. The highest BCUT2D eigenvalue weighted by molar-refractivity contribution is 5.99. The number of hydrogen-bond donors (Lipinski definition) is 3. The van der Waals surface area contributed by atoms with E-state index in [2.05, 4.69) is 16.2 Å². The Morgan fingerprint density at radius 1 is 0.857 bits per heavy atom. The molecule has 2 aromatic carbocycles. The second kappa shape index (κ2) is 9.50. The SMILES string of the molecule is COc1ccc(C(=O)N[C@H](C(=O)NNC(=O)c2ccc(F)cc2)C(C)C)cc1. The van der Waals surface area contributed by atoms with Gasteiger partial charge in [-0.25, -0.2) is 4.39 Å². The van der Waals surface area contributed by atoms with Crippen LogP contribution in [0.5, 0.6) is 5.75 Å². The van der Waals surface area contributed by atoms with Crippen molar-refractivity contribution < 1.29 is 23.5 Å². The van der Waals surface area contributed by atoms with Crippen LogP contribution in [0.15, 0.2) is 48.5 Å². The van der Waals surface area contributed by atoms with Gasteiger partial charge in [0.2, 0.25) is 0 Å². The van der Waals surface area contributed by atoms with Gasteiger partial charge in [0, 0.05) is 11.1 Å². The zero-order valence-electron chi connectivity index (χ0n) is 15.8. The van der Waals surface area contributed by atoms with Gasteiger partial charge in [0.25, 0.3) is 17.7 Å². The van der Waals surface area contributed by atoms with Crippen LogP contribution in [0.1, 0.15) is 34.6 Å². The molecule has 0 aromatic heterocycles. The molecule has 0 aliphatic carbocycles. The van der Waals surface area contributed by atoms with Gasteiger partial charge in [-0.05, 0) is 54.4 Å². The quantitative estimate of drug-likeness (QED) is 0.661. The summed E-state index contributed by atoms with van der Waals surface area (Å²) < 4.78 is 18.0. The van der Waals surface area contributed by atoms with Crippen molar-refractivity contribution >= 4 is 17.7 Å². The van der Waals surface area contributed by atoms with Crippen molar-refractivity contribution in [3.8, 4) is 5.75 Å². The van der Waals surface area contributed by atoms with Crippen LogP contribution in [0, 0.1) is 11.7 Å². The van der Waals surface area contributed by atoms with Gasteiger partial charge in [-0.2, -0.15) is 0 Å². The van der Waals surface area contributed by atoms with Gasteiger partial charge in [-0.1, -0.05) is 13.8 Å². The Kier molecular flexibility index (Phi) is 7.08. The van der Waals surface area contributed by atoms with Gasteiger partial charge < -0.3 is 10.1 Å². The molecule has 0 saturated carbocycles. The van der Waals surface area contributed by atoms with E-state index in [1.165, 1.54) is 19.2 Å². The second-order valence-electron chi connectivity index (χ2n) is 6.37. The summed E-state index contributed by atoms with van der Waals surface area (Å²) in [6, 6.07) is 10.4. The third-order valence-corrected chi connectivity index (χ3v) is 3.99. The molecular formula is C20H22FN3O4. The maximum atomic E-state index is 12.9. The molecule has 2 rings (SSSR count). The van der Waals surface area contributed by atoms with E-state index in [4.69, 9.17) is 4.74 Å². The van der Waals surface area contributed by atoms with Gasteiger partial charge >= 0.3 is 0 Å². The predicted molar refractivity (Wildman–Crippen MR) is 101 cm³/mol. The Bertz CT molecular complexity index is 836. The summed E-state index contributed by atoms with van der Waals surface area (Å²) in [4.78, 5) is 36.8. The fourth-order valence-electron chi connectivity index (χ4n) is 2.37. The van der Waals surface area contributed by atoms with Gasteiger partial charge in [0.05, 0.1) is 7.11 Å². The maximum Gasteiger partial charge on any atom is 0.269 e. The monoisotopic (exact) mass is 387 g/mol. The first-order valence-corrected chi connectivity index (χ1v) is 8.62. The summed E-state index contributed by atoms with van der Waals surface area (Å²) in [6.07, 6.45) is 0. The molecule has 0 bridgehead atoms. The Morgan fingerprint density at radius 2 is 1.39 bits per heavy atom. The Labute approximate surface area is 162 Å². The van der Waals surface area contributed by atoms with Crippen molar-refractivity contribution in [2.24, 2.45) is 5.92 Å². The number of benzene rings is 2. The molecule has 7 nitrogen and oxygen atoms in total. The number of amides is 3. The Hall–Kier alpha value is -3.42. The number of rotatable bonds is 6. The molecule has 148 valence electrons. The third-order valence-electron chi connectivity index (χ3n) is 3.99. The summed E-state index contributed by atoms with van der Waals surface area (Å²) in [5.41, 5.74) is 5.09. The van der Waals surface area contributed by atoms with E-state index in [0.717, 1.165) is 12.1 Å². The number of hydrazine groups is 1. The molecule has 0 saturated heterocycles. The van der Waals surface area contributed by atoms with Crippen LogP contribution in [-0.2, 0) is 4.79 Å². The number of hydrogen-bond acceptors (Lipinski definition) is 4. The van der Waals surface area contributed by atoms with Gasteiger partial charge in [-0.3, -0.25) is 25.2 Å². The van der Waals surface area contributed by atoms with Crippen molar-refractivity contribution in [2.45, 2.75) is 19.9 Å². The number of carbonyl (C=O) groups is 3. The van der Waals surface area contributed by atoms with Crippen LogP contribution >= 0.6 is 0 Å². The van der Waals surface area contributed by atoms with E-state index in [-0.39, 0.29) is 11.5 Å². The maximum absolute atomic E-state index is 12.9. The van der Waals surface area contributed by atoms with E-state index in [1.54, 1.807) is 38.1 Å². The van der Waals surface area contributed by atoms with Crippen molar-refractivity contribution in [1.82, 2.24) is 16.2 Å². The number of ether oxygens (including phenoxy) is 1. The highest BCUT2D eigenvalue weighted by atomic mass is 19.1. The molecule has 0 aliphatic rings. The minimum absolute atomic E-state index is 0.185. The minimum atomic E-state index is -0.872. The van der Waals surface area contributed by atoms with Crippen molar-refractivity contribution in [2.75, 3.05) is 7.11 Å². The summed E-state index contributed by atoms with van der Waals surface area (Å²) in [5, 5.41) is 2.65. The first-order chi connectivity index (χ1) is 13.3. The summed E-state index contributed by atoms with van der Waals surface area (Å²) in [5.74, 6) is -1.70. The number of nitrogens with one attached hydrogen (secondary N) is 3. The molecule has 0 fully saturated rings. The summed E-state index contributed by atoms with van der Waals surface area (Å²) in [7, 11) is 1.52. The van der Waals surface area contributed by atoms with E-state index in [1.807, 2.05) is 0 Å². The van der Waals surface area contributed by atoms with Crippen molar-refractivity contribution in [1.29, 1.82) is 0 Å². The van der Waals surface area contributed by atoms with Crippen LogP contribution in [0.2, 0.25) is 0 Å². The lowest BCUT2D eigenvalue weighted by Crippen LogP contribution is -2.54. The standard InChI is InChI=1S/C20H22FN3O4/c1-12(2)17(22-18(25)13-6-10-16(28-3)11-7-13)20(27)24-23-19(26)14-4-8-15(21)9-5-14/h4-12,17H,1-3H3,(H,22,25)(H,23,26)(H,24,27)/t17-/m0/s1. The topological polar surface area (TPSA) is 96.5 Å². The highest BCUT2D eigenvalue weighted by Crippen LogP contribution is 2.12. The van der Waals surface area contributed by atoms with E-state index in [0.29, 0.717) is 11.3 Å². The molecular weight excluding hydrogens is 365 g/mol. The second-order valence-corrected chi connectivity index (χ2v) is 6.37. The van der Waals surface area contributed by atoms with E-state index >= 15 is 0 Å². The van der Waals surface area contributed by atoms with Crippen LogP contribution in [0.3, 0.4) is 0 Å². The van der Waals surface area contributed by atoms with Crippen LogP contribution < -0.4 is 20.9 Å². The molecule has 0 heterocycles. The smallest absolute Gasteiger partial charge is 0.269 e. The zero-order valence-corrected chi connectivity index (χ0v) is 15.8. The fraction of sp³-hybridized carbons (Fsp3) is 0.250. The summed E-state index contributed by atoms with van der Waals surface area (Å²) in [6.45, 7) is 3.53. The van der Waals surface area contributed by atoms with Crippen LogP contribution in [-0.4, -0.2) is 30.9 Å². The predicted octanol–water partition coefficient (Wildman–Crippen LogP) is 2.05. The Morgan fingerprint density at radius 3 is 1.93 bits per heavy atom. The third kappa shape index (κ3) is 5.54. The van der Waals surface area contributed by atoms with Gasteiger partial charge in [0.15, 0.2) is 0 Å². The average Bonchev–Trinajstić information content (AvgIpc) is 2.70. The molecule has 0 unspecified atom stereocenters. The molecule has 0 spiro atoms. The minimum Gasteiger partial charge on any atom is -0.497 e. The fourth-order valence-corrected chi connectivity index (χ4v) is 2.37. The van der Waals surface area contributed by atoms with Crippen molar-refractivity contribution in [3.63, 3.8) is 0 Å². The number of halogens is 1. The molecule has 0 aliphatic heterocycles. The van der Waals surface area contributed by atoms with E-state index in [9.17, 15) is 18.8 Å². The first-order valence-electron chi connectivity index (χ1n) is 8.62. The number of carbonyl (C=O) groups excluding carboxylic acids is 3. The molecule has 0 radical (unpaired) electrons. The number of methoxy groups -OCH3 is 1. The first kappa shape index (κ1) is 20.9. The van der Waals surface area contributed by atoms with Crippen LogP contribution in [0.25, 0.3) is 0 Å². The molecule has 2 aromatic rings. The lowest BCUT2D eigenvalue weighted by molar-refractivity contribution is -0.124. The van der Waals surface area contributed by atoms with Crippen LogP contribution in [0.4, 0.5) is 4.39 Å². The van der Waals surface area contributed by atoms with Crippen molar-refractivity contribution in [3.05, 3.63) is 65.5 Å². The largest absolute Gasteiger partial charge is 0.497 e. The summed E-state index contributed by atoms with van der Waals surface area (Å²) >= 11 is 0. The highest BCUT2D eigenvalue weighted by Gasteiger charge is 2.25. The molecule has 1 atom stereocenters. The van der Waals surface area contributed by atoms with Gasteiger partial charge in [0.1, 0.15) is 17.6 Å². The Balaban J connectivity index is 1.97. The molecule has 8 heteroatoms.